The lowest BCUT2D eigenvalue weighted by molar-refractivity contribution is 0.101. The first-order valence-corrected chi connectivity index (χ1v) is 8.34. The summed E-state index contributed by atoms with van der Waals surface area (Å²) in [6.45, 7) is 1.37. The smallest absolute Gasteiger partial charge is 0.231 e. The molecule has 6 heteroatoms. The van der Waals surface area contributed by atoms with Crippen LogP contribution in [0.4, 0.5) is 0 Å². The van der Waals surface area contributed by atoms with Crippen LogP contribution in [0.3, 0.4) is 0 Å². The number of carbonyl (C=O) groups excluding carboxylic acids is 2. The van der Waals surface area contributed by atoms with Gasteiger partial charge in [0.1, 0.15) is 0 Å². The van der Waals surface area contributed by atoms with Crippen LogP contribution in [-0.2, 0) is 10.0 Å². The van der Waals surface area contributed by atoms with Crippen molar-refractivity contribution < 1.29 is 18.0 Å². The molecule has 0 aliphatic heterocycles. The van der Waals surface area contributed by atoms with Gasteiger partial charge >= 0.3 is 0 Å². The van der Waals surface area contributed by atoms with Crippen LogP contribution in [0.2, 0.25) is 0 Å². The number of Topliss-reactive ketones (excluding diaryl/α,β-unsaturated/α-hetero) is 1. The fourth-order valence-corrected chi connectivity index (χ4v) is 2.36. The standard InChI is InChI=1S/C17H15NO4S/c1-12(19)15-9-13(7-8-23(18,21)22)10-16(11-15)17(20)14-5-3-2-4-6-14/h2-11H,1H3,(H2,18,21,22)/b8-7+. The van der Waals surface area contributed by atoms with E-state index in [0.717, 1.165) is 5.41 Å². The third-order valence-corrected chi connectivity index (χ3v) is 3.63. The maximum absolute atomic E-state index is 12.5. The molecule has 118 valence electrons. The average Bonchev–Trinajstić information content (AvgIpc) is 2.52. The number of hydrogen-bond donors (Lipinski definition) is 1. The van der Waals surface area contributed by atoms with E-state index in [1.165, 1.54) is 31.2 Å². The molecular formula is C17H15NO4S. The molecule has 0 unspecified atom stereocenters. The van der Waals surface area contributed by atoms with Crippen LogP contribution in [-0.4, -0.2) is 20.0 Å². The monoisotopic (exact) mass is 329 g/mol. The van der Waals surface area contributed by atoms with Gasteiger partial charge in [0.15, 0.2) is 11.6 Å². The Morgan fingerprint density at radius 1 is 0.957 bits per heavy atom. The highest BCUT2D eigenvalue weighted by atomic mass is 32.2. The topological polar surface area (TPSA) is 94.3 Å². The summed E-state index contributed by atoms with van der Waals surface area (Å²) in [6, 6.07) is 13.1. The Morgan fingerprint density at radius 2 is 1.57 bits per heavy atom. The van der Waals surface area contributed by atoms with Gasteiger partial charge in [-0.15, -0.1) is 0 Å². The second kappa shape index (κ2) is 6.68. The minimum Gasteiger partial charge on any atom is -0.295 e. The van der Waals surface area contributed by atoms with E-state index in [0.29, 0.717) is 22.3 Å². The maximum atomic E-state index is 12.5. The highest BCUT2D eigenvalue weighted by Gasteiger charge is 2.12. The largest absolute Gasteiger partial charge is 0.295 e. The zero-order valence-corrected chi connectivity index (χ0v) is 13.2. The van der Waals surface area contributed by atoms with Gasteiger partial charge in [-0.2, -0.15) is 0 Å². The molecule has 0 aliphatic rings. The number of primary sulfonamides is 1. The van der Waals surface area contributed by atoms with E-state index < -0.39 is 10.0 Å². The molecule has 0 radical (unpaired) electrons. The maximum Gasteiger partial charge on any atom is 0.231 e. The quantitative estimate of drug-likeness (QED) is 0.852. The van der Waals surface area contributed by atoms with Crippen LogP contribution >= 0.6 is 0 Å². The molecular weight excluding hydrogens is 314 g/mol. The second-order valence-corrected chi connectivity index (χ2v) is 6.44. The summed E-state index contributed by atoms with van der Waals surface area (Å²) in [5.41, 5.74) is 1.51. The fraction of sp³-hybridized carbons (Fsp3) is 0.0588. The van der Waals surface area contributed by atoms with Crippen molar-refractivity contribution in [3.8, 4) is 0 Å². The highest BCUT2D eigenvalue weighted by molar-refractivity contribution is 7.92. The predicted octanol–water partition coefficient (Wildman–Crippen LogP) is 2.38. The molecule has 0 amide bonds. The van der Waals surface area contributed by atoms with Crippen molar-refractivity contribution in [2.45, 2.75) is 6.92 Å². The Morgan fingerprint density at radius 3 is 2.13 bits per heavy atom. The zero-order valence-electron chi connectivity index (χ0n) is 12.4. The van der Waals surface area contributed by atoms with E-state index in [4.69, 9.17) is 5.14 Å². The lowest BCUT2D eigenvalue weighted by Crippen LogP contribution is -2.07. The third kappa shape index (κ3) is 4.70. The first-order valence-electron chi connectivity index (χ1n) is 6.73. The molecule has 0 saturated heterocycles. The van der Waals surface area contributed by atoms with Crippen LogP contribution in [0, 0.1) is 0 Å². The Bertz CT molecular complexity index is 884. The van der Waals surface area contributed by atoms with Crippen molar-refractivity contribution in [2.75, 3.05) is 0 Å². The van der Waals surface area contributed by atoms with Gasteiger partial charge in [0.25, 0.3) is 0 Å². The summed E-state index contributed by atoms with van der Waals surface area (Å²) in [5.74, 6) is -0.475. The zero-order chi connectivity index (χ0) is 17.0. The molecule has 2 aromatic rings. The summed E-state index contributed by atoms with van der Waals surface area (Å²) in [7, 11) is -3.79. The number of sulfonamides is 1. The summed E-state index contributed by atoms with van der Waals surface area (Å²) in [5, 5.41) is 5.74. The molecule has 0 heterocycles. The third-order valence-electron chi connectivity index (χ3n) is 3.11. The average molecular weight is 329 g/mol. The number of carbonyl (C=O) groups is 2. The molecule has 2 N–H and O–H groups in total. The summed E-state index contributed by atoms with van der Waals surface area (Å²) >= 11 is 0. The molecule has 0 fully saturated rings. The van der Waals surface area contributed by atoms with Gasteiger partial charge in [0.05, 0.1) is 0 Å². The van der Waals surface area contributed by atoms with Gasteiger partial charge in [-0.3, -0.25) is 9.59 Å². The summed E-state index contributed by atoms with van der Waals surface area (Å²) < 4.78 is 22.0. The number of rotatable bonds is 5. The van der Waals surface area contributed by atoms with Gasteiger partial charge in [-0.25, -0.2) is 13.6 Å². The lowest BCUT2D eigenvalue weighted by atomic mass is 9.97. The molecule has 0 saturated carbocycles. The van der Waals surface area contributed by atoms with E-state index >= 15 is 0 Å². The second-order valence-electron chi connectivity index (χ2n) is 4.99. The van der Waals surface area contributed by atoms with Crippen molar-refractivity contribution in [3.63, 3.8) is 0 Å². The summed E-state index contributed by atoms with van der Waals surface area (Å²) in [4.78, 5) is 24.1. The van der Waals surface area contributed by atoms with Gasteiger partial charge in [-0.05, 0) is 36.8 Å². The SMILES string of the molecule is CC(=O)c1cc(/C=C/S(N)(=O)=O)cc(C(=O)c2ccccc2)c1. The molecule has 2 aromatic carbocycles. The van der Waals surface area contributed by atoms with Gasteiger partial charge in [-0.1, -0.05) is 30.3 Å². The number of ketones is 2. The van der Waals surface area contributed by atoms with Crippen molar-refractivity contribution in [1.82, 2.24) is 0 Å². The molecule has 2 rings (SSSR count). The van der Waals surface area contributed by atoms with Gasteiger partial charge in [0, 0.05) is 22.1 Å². The fourth-order valence-electron chi connectivity index (χ4n) is 2.01. The van der Waals surface area contributed by atoms with Crippen molar-refractivity contribution in [3.05, 3.63) is 76.2 Å². The van der Waals surface area contributed by atoms with Gasteiger partial charge < -0.3 is 0 Å². The van der Waals surface area contributed by atoms with E-state index in [1.54, 1.807) is 30.3 Å². The van der Waals surface area contributed by atoms with Crippen LogP contribution in [0.15, 0.2) is 53.9 Å². The van der Waals surface area contributed by atoms with Gasteiger partial charge in [0.2, 0.25) is 10.0 Å². The molecule has 5 nitrogen and oxygen atoms in total. The molecule has 0 spiro atoms. The van der Waals surface area contributed by atoms with E-state index in [1.807, 2.05) is 0 Å². The predicted molar refractivity (Wildman–Crippen MR) is 88.5 cm³/mol. The van der Waals surface area contributed by atoms with E-state index in [-0.39, 0.29) is 11.6 Å². The molecule has 0 atom stereocenters. The van der Waals surface area contributed by atoms with E-state index in [2.05, 4.69) is 0 Å². The Balaban J connectivity index is 2.51. The first-order chi connectivity index (χ1) is 10.8. The molecule has 0 aromatic heterocycles. The lowest BCUT2D eigenvalue weighted by Gasteiger charge is -2.06. The van der Waals surface area contributed by atoms with Crippen molar-refractivity contribution in [1.29, 1.82) is 0 Å². The van der Waals surface area contributed by atoms with Crippen molar-refractivity contribution >= 4 is 27.7 Å². The van der Waals surface area contributed by atoms with Crippen LogP contribution in [0.1, 0.15) is 38.8 Å². The van der Waals surface area contributed by atoms with Crippen LogP contribution in [0.25, 0.3) is 6.08 Å². The number of hydrogen-bond acceptors (Lipinski definition) is 4. The number of nitrogens with two attached hydrogens (primary N) is 1. The summed E-state index contributed by atoms with van der Waals surface area (Å²) in [6.07, 6.45) is 1.25. The highest BCUT2D eigenvalue weighted by Crippen LogP contribution is 2.17. The number of benzene rings is 2. The Hall–Kier alpha value is -2.57. The van der Waals surface area contributed by atoms with E-state index in [9.17, 15) is 18.0 Å². The van der Waals surface area contributed by atoms with Crippen LogP contribution in [0.5, 0.6) is 0 Å². The van der Waals surface area contributed by atoms with Crippen molar-refractivity contribution in [2.24, 2.45) is 5.14 Å². The minimum absolute atomic E-state index is 0.224. The van der Waals surface area contributed by atoms with Crippen LogP contribution < -0.4 is 5.14 Å². The normalized spacial score (nSPS) is 11.6. The minimum atomic E-state index is -3.79. The molecule has 0 aliphatic carbocycles. The first kappa shape index (κ1) is 16.8. The Kier molecular flexibility index (Phi) is 4.88. The molecule has 23 heavy (non-hydrogen) atoms. The Labute approximate surface area is 134 Å². The molecule has 0 bridgehead atoms.